The molecule has 0 spiro atoms. The largest absolute Gasteiger partial charge is 0.309 e. The first-order valence-corrected chi connectivity index (χ1v) is 17.2. The van der Waals surface area contributed by atoms with Gasteiger partial charge in [0.15, 0.2) is 15.2 Å². The van der Waals surface area contributed by atoms with E-state index < -0.39 is 15.2 Å². The summed E-state index contributed by atoms with van der Waals surface area (Å²) in [7, 11) is -5.51. The van der Waals surface area contributed by atoms with Crippen LogP contribution in [0, 0.1) is 0 Å². The fourth-order valence-corrected chi connectivity index (χ4v) is 14.0. The molecule has 0 saturated carbocycles. The minimum atomic E-state index is -2.96. The highest BCUT2D eigenvalue weighted by molar-refractivity contribution is 7.82. The van der Waals surface area contributed by atoms with Gasteiger partial charge in [0, 0.05) is 10.6 Å². The van der Waals surface area contributed by atoms with E-state index in [2.05, 4.69) is 103 Å². The highest BCUT2D eigenvalue weighted by Crippen LogP contribution is 2.55. The SMILES string of the molecule is O=P(C1=CC=C([Si](c2ccccc2)(c2ccccc2)c2ccccc2)CC1)(c1ccccc1)c1ccccc1. The van der Waals surface area contributed by atoms with Gasteiger partial charge in [-0.3, -0.25) is 0 Å². The van der Waals surface area contributed by atoms with Crippen LogP contribution in [0.3, 0.4) is 0 Å². The Morgan fingerprint density at radius 1 is 0.436 bits per heavy atom. The van der Waals surface area contributed by atoms with Gasteiger partial charge in [0.25, 0.3) is 0 Å². The van der Waals surface area contributed by atoms with E-state index in [1.165, 1.54) is 20.8 Å². The van der Waals surface area contributed by atoms with Crippen molar-refractivity contribution in [1.29, 1.82) is 0 Å². The zero-order valence-electron chi connectivity index (χ0n) is 21.9. The van der Waals surface area contributed by atoms with Gasteiger partial charge in [-0.2, -0.15) is 0 Å². The van der Waals surface area contributed by atoms with Crippen LogP contribution in [0.15, 0.2) is 174 Å². The fraction of sp³-hybridized carbons (Fsp3) is 0.0556. The Kier molecular flexibility index (Phi) is 7.15. The minimum absolute atomic E-state index is 0.772. The second-order valence-corrected chi connectivity index (χ2v) is 16.7. The Morgan fingerprint density at radius 2 is 0.795 bits per heavy atom. The van der Waals surface area contributed by atoms with Gasteiger partial charge in [-0.15, -0.1) is 0 Å². The third-order valence-electron chi connectivity index (χ3n) is 7.87. The molecule has 1 aliphatic rings. The molecular weight excluding hydrogens is 507 g/mol. The lowest BCUT2D eigenvalue weighted by molar-refractivity contribution is 0.589. The van der Waals surface area contributed by atoms with E-state index >= 15 is 4.57 Å². The van der Waals surface area contributed by atoms with Gasteiger partial charge in [0.1, 0.15) is 0 Å². The quantitative estimate of drug-likeness (QED) is 0.135. The van der Waals surface area contributed by atoms with Crippen molar-refractivity contribution in [2.75, 3.05) is 0 Å². The van der Waals surface area contributed by atoms with Gasteiger partial charge in [-0.05, 0) is 33.7 Å². The van der Waals surface area contributed by atoms with E-state index in [4.69, 9.17) is 0 Å². The van der Waals surface area contributed by atoms with Crippen LogP contribution in [-0.4, -0.2) is 8.07 Å². The van der Waals surface area contributed by atoms with Crippen LogP contribution in [0.25, 0.3) is 0 Å². The number of rotatable bonds is 7. The summed E-state index contributed by atoms with van der Waals surface area (Å²) in [6.45, 7) is 0. The molecule has 5 aromatic carbocycles. The summed E-state index contributed by atoms with van der Waals surface area (Å²) in [4.78, 5) is 0. The fourth-order valence-electron chi connectivity index (χ4n) is 6.08. The molecule has 0 saturated heterocycles. The smallest absolute Gasteiger partial charge is 0.175 e. The van der Waals surface area contributed by atoms with Crippen molar-refractivity contribution in [1.82, 2.24) is 0 Å². The zero-order chi connectivity index (χ0) is 26.5. The minimum Gasteiger partial charge on any atom is -0.309 e. The van der Waals surface area contributed by atoms with Crippen molar-refractivity contribution in [3.63, 3.8) is 0 Å². The molecule has 0 amide bonds. The molecule has 1 aliphatic carbocycles. The summed E-state index contributed by atoms with van der Waals surface area (Å²) in [6, 6.07) is 53.1. The maximum Gasteiger partial charge on any atom is 0.175 e. The third-order valence-corrected chi connectivity index (χ3v) is 16.1. The molecule has 190 valence electrons. The molecule has 0 bridgehead atoms. The molecule has 0 heterocycles. The lowest BCUT2D eigenvalue weighted by atomic mass is 10.2. The molecule has 5 aromatic rings. The van der Waals surface area contributed by atoms with Crippen molar-refractivity contribution >= 4 is 41.4 Å². The average molecular weight is 539 g/mol. The van der Waals surface area contributed by atoms with Crippen molar-refractivity contribution in [2.45, 2.75) is 12.8 Å². The van der Waals surface area contributed by atoms with Gasteiger partial charge in [0.2, 0.25) is 0 Å². The first-order valence-electron chi connectivity index (χ1n) is 13.5. The average Bonchev–Trinajstić information content (AvgIpc) is 3.04. The lowest BCUT2D eigenvalue weighted by Crippen LogP contribution is -2.68. The van der Waals surface area contributed by atoms with Crippen molar-refractivity contribution < 1.29 is 4.57 Å². The standard InChI is InChI=1S/C36H31OPSi/c37-38(30-16-6-1-7-17-30,31-18-8-2-9-19-31)32-26-28-36(29-27-32)39(33-20-10-3-11-21-33,34-22-12-4-13-23-34)35-24-14-5-15-25-35/h1-26,28H,27,29H2. The Balaban J connectivity index is 1.58. The van der Waals surface area contributed by atoms with Crippen LogP contribution in [0.4, 0.5) is 0 Å². The number of hydrogen-bond donors (Lipinski definition) is 0. The molecule has 0 unspecified atom stereocenters. The topological polar surface area (TPSA) is 17.1 Å². The highest BCUT2D eigenvalue weighted by atomic mass is 31.2. The molecule has 0 N–H and O–H groups in total. The van der Waals surface area contributed by atoms with Crippen LogP contribution in [0.1, 0.15) is 12.8 Å². The molecule has 6 rings (SSSR count). The van der Waals surface area contributed by atoms with Crippen LogP contribution >= 0.6 is 7.14 Å². The maximum atomic E-state index is 15.1. The number of hydrogen-bond acceptors (Lipinski definition) is 1. The van der Waals surface area contributed by atoms with E-state index in [-0.39, 0.29) is 0 Å². The molecule has 0 radical (unpaired) electrons. The summed E-state index contributed by atoms with van der Waals surface area (Å²) < 4.78 is 15.1. The highest BCUT2D eigenvalue weighted by Gasteiger charge is 2.44. The number of benzene rings is 5. The normalized spacial score (nSPS) is 13.8. The summed E-state index contributed by atoms with van der Waals surface area (Å²) in [5, 5.41) is 8.40. The van der Waals surface area contributed by atoms with Crippen LogP contribution < -0.4 is 26.2 Å². The van der Waals surface area contributed by atoms with Gasteiger partial charge in [-0.1, -0.05) is 169 Å². The molecular formula is C36H31OPSi. The second-order valence-electron chi connectivity index (χ2n) is 9.98. The molecule has 0 atom stereocenters. The Hall–Kier alpha value is -3.97. The van der Waals surface area contributed by atoms with Gasteiger partial charge in [-0.25, -0.2) is 0 Å². The second kappa shape index (κ2) is 11.0. The monoisotopic (exact) mass is 538 g/mol. The maximum absolute atomic E-state index is 15.1. The number of allylic oxidation sites excluding steroid dienone is 4. The molecule has 0 aliphatic heterocycles. The lowest BCUT2D eigenvalue weighted by Gasteiger charge is -2.38. The summed E-state index contributed by atoms with van der Waals surface area (Å²) >= 11 is 0. The zero-order valence-corrected chi connectivity index (χ0v) is 23.8. The van der Waals surface area contributed by atoms with Crippen molar-refractivity contribution in [3.05, 3.63) is 174 Å². The Bertz CT molecular complexity index is 1500. The Morgan fingerprint density at radius 3 is 1.13 bits per heavy atom. The van der Waals surface area contributed by atoms with Crippen molar-refractivity contribution in [2.24, 2.45) is 0 Å². The van der Waals surface area contributed by atoms with Gasteiger partial charge in [0.05, 0.1) is 0 Å². The predicted octanol–water partition coefficient (Wildman–Crippen LogP) is 6.31. The van der Waals surface area contributed by atoms with Crippen LogP contribution in [0.5, 0.6) is 0 Å². The van der Waals surface area contributed by atoms with E-state index in [0.717, 1.165) is 28.8 Å². The van der Waals surface area contributed by atoms with Gasteiger partial charge < -0.3 is 4.57 Å². The van der Waals surface area contributed by atoms with Crippen LogP contribution in [-0.2, 0) is 4.57 Å². The first kappa shape index (κ1) is 25.3. The molecule has 39 heavy (non-hydrogen) atoms. The van der Waals surface area contributed by atoms with E-state index in [9.17, 15) is 0 Å². The Labute approximate surface area is 232 Å². The van der Waals surface area contributed by atoms with E-state index in [1.54, 1.807) is 0 Å². The van der Waals surface area contributed by atoms with Gasteiger partial charge >= 0.3 is 0 Å². The van der Waals surface area contributed by atoms with E-state index in [1.807, 2.05) is 60.7 Å². The summed E-state index contributed by atoms with van der Waals surface area (Å²) in [6.07, 6.45) is 6.15. The summed E-state index contributed by atoms with van der Waals surface area (Å²) in [5.74, 6) is 0. The van der Waals surface area contributed by atoms with Crippen LogP contribution in [0.2, 0.25) is 0 Å². The first-order chi connectivity index (χ1) is 19.2. The molecule has 3 heteroatoms. The molecule has 0 aromatic heterocycles. The molecule has 0 fully saturated rings. The third kappa shape index (κ3) is 4.50. The predicted molar refractivity (Wildman–Crippen MR) is 169 cm³/mol. The summed E-state index contributed by atoms with van der Waals surface area (Å²) in [5.41, 5.74) is 0. The molecule has 1 nitrogen and oxygen atoms in total. The van der Waals surface area contributed by atoms with E-state index in [0.29, 0.717) is 0 Å². The van der Waals surface area contributed by atoms with Crippen molar-refractivity contribution in [3.8, 4) is 0 Å².